The highest BCUT2D eigenvalue weighted by Gasteiger charge is 2.34. The van der Waals surface area contributed by atoms with Crippen LogP contribution in [0, 0.1) is 11.8 Å². The number of aromatic nitrogens is 3. The maximum absolute atomic E-state index is 12.0. The molecule has 1 aromatic rings. The average Bonchev–Trinajstić information content (AvgIpc) is 3.00. The molecule has 0 aromatic carbocycles. The molecule has 0 aliphatic carbocycles. The standard InChI is InChI=1S/C13H21N5O2/c1-10(2)8-17-9-11(7-12(17)19)13(20)14-3-5-18-6-4-15-16-18/h4,6,10-11H,3,5,7-9H2,1-2H3,(H,14,20)/t11-/m1/s1. The highest BCUT2D eigenvalue weighted by Crippen LogP contribution is 2.19. The molecular weight excluding hydrogens is 258 g/mol. The molecule has 1 aromatic heterocycles. The zero-order valence-electron chi connectivity index (χ0n) is 12.0. The number of hydrogen-bond donors (Lipinski definition) is 1. The third-order valence-electron chi connectivity index (χ3n) is 3.28. The molecular formula is C13H21N5O2. The van der Waals surface area contributed by atoms with Gasteiger partial charge in [0.25, 0.3) is 0 Å². The van der Waals surface area contributed by atoms with Gasteiger partial charge in [0.1, 0.15) is 0 Å². The normalized spacial score (nSPS) is 18.9. The van der Waals surface area contributed by atoms with E-state index < -0.39 is 0 Å². The van der Waals surface area contributed by atoms with Crippen molar-refractivity contribution in [2.24, 2.45) is 11.8 Å². The topological polar surface area (TPSA) is 80.1 Å². The molecule has 7 nitrogen and oxygen atoms in total. The Morgan fingerprint density at radius 2 is 2.35 bits per heavy atom. The zero-order valence-corrected chi connectivity index (χ0v) is 12.0. The van der Waals surface area contributed by atoms with E-state index in [4.69, 9.17) is 0 Å². The van der Waals surface area contributed by atoms with E-state index in [0.29, 0.717) is 32.0 Å². The second-order valence-corrected chi connectivity index (χ2v) is 5.55. The van der Waals surface area contributed by atoms with E-state index in [0.717, 1.165) is 6.54 Å². The van der Waals surface area contributed by atoms with E-state index >= 15 is 0 Å². The third-order valence-corrected chi connectivity index (χ3v) is 3.28. The first kappa shape index (κ1) is 14.5. The number of likely N-dealkylation sites (tertiary alicyclic amines) is 1. The number of hydrogen-bond acceptors (Lipinski definition) is 4. The van der Waals surface area contributed by atoms with Crippen molar-refractivity contribution >= 4 is 11.8 Å². The summed E-state index contributed by atoms with van der Waals surface area (Å²) in [6.45, 7) is 6.48. The maximum Gasteiger partial charge on any atom is 0.225 e. The molecule has 1 aliphatic heterocycles. The van der Waals surface area contributed by atoms with E-state index in [9.17, 15) is 9.59 Å². The minimum absolute atomic E-state index is 0.0512. The Hall–Kier alpha value is -1.92. The molecule has 110 valence electrons. The zero-order chi connectivity index (χ0) is 14.5. The van der Waals surface area contributed by atoms with Gasteiger partial charge in [-0.3, -0.25) is 14.3 Å². The van der Waals surface area contributed by atoms with Gasteiger partial charge in [-0.2, -0.15) is 0 Å². The van der Waals surface area contributed by atoms with Crippen LogP contribution in [-0.4, -0.2) is 51.3 Å². The minimum Gasteiger partial charge on any atom is -0.354 e. The second kappa shape index (κ2) is 6.49. The molecule has 0 radical (unpaired) electrons. The fourth-order valence-electron chi connectivity index (χ4n) is 2.35. The van der Waals surface area contributed by atoms with Gasteiger partial charge in [0.2, 0.25) is 11.8 Å². The fraction of sp³-hybridized carbons (Fsp3) is 0.692. The Balaban J connectivity index is 1.74. The maximum atomic E-state index is 12.0. The molecule has 2 amide bonds. The van der Waals surface area contributed by atoms with E-state index in [1.807, 2.05) is 0 Å². The van der Waals surface area contributed by atoms with Gasteiger partial charge in [0.15, 0.2) is 0 Å². The molecule has 1 N–H and O–H groups in total. The lowest BCUT2D eigenvalue weighted by atomic mass is 10.1. The molecule has 1 aliphatic rings. The van der Waals surface area contributed by atoms with Crippen molar-refractivity contribution in [3.8, 4) is 0 Å². The smallest absolute Gasteiger partial charge is 0.225 e. The third kappa shape index (κ3) is 3.79. The molecule has 1 fully saturated rings. The lowest BCUT2D eigenvalue weighted by molar-refractivity contribution is -0.129. The SMILES string of the molecule is CC(C)CN1C[C@H](C(=O)NCCn2ccnn2)CC1=O. The minimum atomic E-state index is -0.225. The number of carbonyl (C=O) groups is 2. The number of nitrogens with one attached hydrogen (secondary N) is 1. The predicted molar refractivity (Wildman–Crippen MR) is 72.6 cm³/mol. The first-order valence-corrected chi connectivity index (χ1v) is 6.96. The van der Waals surface area contributed by atoms with E-state index in [2.05, 4.69) is 29.5 Å². The molecule has 0 bridgehead atoms. The summed E-state index contributed by atoms with van der Waals surface area (Å²) < 4.78 is 1.66. The molecule has 7 heteroatoms. The van der Waals surface area contributed by atoms with Crippen molar-refractivity contribution in [3.05, 3.63) is 12.4 Å². The van der Waals surface area contributed by atoms with Crippen molar-refractivity contribution in [1.82, 2.24) is 25.2 Å². The first-order chi connectivity index (χ1) is 9.56. The number of amides is 2. The Kier molecular flexibility index (Phi) is 4.70. The number of carbonyl (C=O) groups excluding carboxylic acids is 2. The van der Waals surface area contributed by atoms with Crippen LogP contribution in [0.1, 0.15) is 20.3 Å². The van der Waals surface area contributed by atoms with Gasteiger partial charge in [-0.25, -0.2) is 0 Å². The Labute approximate surface area is 118 Å². The average molecular weight is 279 g/mol. The quantitative estimate of drug-likeness (QED) is 0.788. The summed E-state index contributed by atoms with van der Waals surface area (Å²) in [5.74, 6) is 0.227. The van der Waals surface area contributed by atoms with Crippen LogP contribution >= 0.6 is 0 Å². The molecule has 2 heterocycles. The van der Waals surface area contributed by atoms with Gasteiger partial charge in [-0.15, -0.1) is 5.10 Å². The van der Waals surface area contributed by atoms with E-state index in [-0.39, 0.29) is 17.7 Å². The summed E-state index contributed by atoms with van der Waals surface area (Å²) in [6, 6.07) is 0. The lowest BCUT2D eigenvalue weighted by Gasteiger charge is -2.18. The van der Waals surface area contributed by atoms with Gasteiger partial charge >= 0.3 is 0 Å². The van der Waals surface area contributed by atoms with Crippen LogP contribution in [0.15, 0.2) is 12.4 Å². The summed E-state index contributed by atoms with van der Waals surface area (Å²) in [6.07, 6.45) is 3.67. The van der Waals surface area contributed by atoms with Gasteiger partial charge in [0, 0.05) is 32.3 Å². The van der Waals surface area contributed by atoms with Gasteiger partial charge in [-0.05, 0) is 5.92 Å². The van der Waals surface area contributed by atoms with Crippen molar-refractivity contribution in [2.45, 2.75) is 26.8 Å². The highest BCUT2D eigenvalue weighted by molar-refractivity contribution is 5.89. The fourth-order valence-corrected chi connectivity index (χ4v) is 2.35. The molecule has 0 unspecified atom stereocenters. The van der Waals surface area contributed by atoms with Gasteiger partial charge in [-0.1, -0.05) is 19.1 Å². The van der Waals surface area contributed by atoms with Gasteiger partial charge in [0.05, 0.1) is 18.7 Å². The van der Waals surface area contributed by atoms with Crippen LogP contribution in [0.3, 0.4) is 0 Å². The largest absolute Gasteiger partial charge is 0.354 e. The van der Waals surface area contributed by atoms with Crippen LogP contribution in [0.2, 0.25) is 0 Å². The summed E-state index contributed by atoms with van der Waals surface area (Å²) >= 11 is 0. The van der Waals surface area contributed by atoms with Crippen LogP contribution in [-0.2, 0) is 16.1 Å². The van der Waals surface area contributed by atoms with Crippen molar-refractivity contribution in [3.63, 3.8) is 0 Å². The van der Waals surface area contributed by atoms with Crippen LogP contribution in [0.5, 0.6) is 0 Å². The summed E-state index contributed by atoms with van der Waals surface area (Å²) in [5, 5.41) is 10.4. The summed E-state index contributed by atoms with van der Waals surface area (Å²) in [7, 11) is 0. The predicted octanol–water partition coefficient (Wildman–Crippen LogP) is -0.101. The Morgan fingerprint density at radius 3 is 3.00 bits per heavy atom. The Bertz CT molecular complexity index is 457. The van der Waals surface area contributed by atoms with Crippen LogP contribution < -0.4 is 5.32 Å². The Morgan fingerprint density at radius 1 is 1.55 bits per heavy atom. The summed E-state index contributed by atoms with van der Waals surface area (Å²) in [5.41, 5.74) is 0. The monoisotopic (exact) mass is 279 g/mol. The molecule has 20 heavy (non-hydrogen) atoms. The second-order valence-electron chi connectivity index (χ2n) is 5.55. The van der Waals surface area contributed by atoms with Crippen molar-refractivity contribution in [1.29, 1.82) is 0 Å². The van der Waals surface area contributed by atoms with Crippen LogP contribution in [0.4, 0.5) is 0 Å². The molecule has 1 atom stereocenters. The van der Waals surface area contributed by atoms with Gasteiger partial charge < -0.3 is 10.2 Å². The number of rotatable bonds is 6. The van der Waals surface area contributed by atoms with Crippen molar-refractivity contribution in [2.75, 3.05) is 19.6 Å². The van der Waals surface area contributed by atoms with Crippen LogP contribution in [0.25, 0.3) is 0 Å². The molecule has 0 spiro atoms. The number of nitrogens with zero attached hydrogens (tertiary/aromatic N) is 4. The molecule has 1 saturated heterocycles. The summed E-state index contributed by atoms with van der Waals surface area (Å²) in [4.78, 5) is 25.6. The molecule has 2 rings (SSSR count). The highest BCUT2D eigenvalue weighted by atomic mass is 16.2. The lowest BCUT2D eigenvalue weighted by Crippen LogP contribution is -2.35. The molecule has 0 saturated carbocycles. The van der Waals surface area contributed by atoms with Crippen molar-refractivity contribution < 1.29 is 9.59 Å². The first-order valence-electron chi connectivity index (χ1n) is 6.96. The van der Waals surface area contributed by atoms with E-state index in [1.54, 1.807) is 22.0 Å². The van der Waals surface area contributed by atoms with E-state index in [1.165, 1.54) is 0 Å².